The smallest absolute Gasteiger partial charge is 0.192 e. The maximum absolute atomic E-state index is 6.10. The Morgan fingerprint density at radius 2 is 1.00 bits per heavy atom. The molecule has 18 heavy (non-hydrogen) atoms. The molecule has 0 aromatic heterocycles. The van der Waals surface area contributed by atoms with Crippen molar-refractivity contribution in [3.8, 4) is 0 Å². The van der Waals surface area contributed by atoms with Gasteiger partial charge in [-0.15, -0.1) is 0 Å². The summed E-state index contributed by atoms with van der Waals surface area (Å²) in [7, 11) is 0. The summed E-state index contributed by atoms with van der Waals surface area (Å²) in [6.07, 6.45) is 0. The van der Waals surface area contributed by atoms with Crippen molar-refractivity contribution in [3.63, 3.8) is 0 Å². The summed E-state index contributed by atoms with van der Waals surface area (Å²) in [4.78, 5) is 0. The number of rotatable bonds is 0. The van der Waals surface area contributed by atoms with Crippen LogP contribution >= 0.6 is 129 Å². The SMILES string of the molecule is ClC(Cl)(Cl)P1(Cl)=NSNP(Cl)(C(Cl)(Cl)Cl)=NSN1. The molecule has 1 heterocycles. The van der Waals surface area contributed by atoms with Crippen molar-refractivity contribution < 1.29 is 0 Å². The Hall–Kier alpha value is 3.40. The van der Waals surface area contributed by atoms with E-state index in [1.807, 2.05) is 0 Å². The highest BCUT2D eigenvalue weighted by molar-refractivity contribution is 8.19. The van der Waals surface area contributed by atoms with Crippen LogP contribution < -0.4 is 8.99 Å². The molecule has 2 N–H and O–H groups in total. The molecule has 0 saturated carbocycles. The second-order valence-electron chi connectivity index (χ2n) is 2.58. The standard InChI is InChI=1S/C2H2Cl8N4P2S2/c3-1(4,5)15(9)11-17-13-16(10,2(6,7)8)14-18-12-15/h11,14H. The average Bonchev–Trinajstić information content (AvgIpc) is 2.11. The Balaban J connectivity index is 3.02. The van der Waals surface area contributed by atoms with Crippen molar-refractivity contribution in [2.45, 2.75) is 7.07 Å². The van der Waals surface area contributed by atoms with E-state index < -0.39 is 20.2 Å². The van der Waals surface area contributed by atoms with E-state index in [4.69, 9.17) is 92.1 Å². The van der Waals surface area contributed by atoms with Crippen LogP contribution in [0.2, 0.25) is 0 Å². The molecule has 1 rings (SSSR count). The first kappa shape index (κ1) is 19.4. The highest BCUT2D eigenvalue weighted by Gasteiger charge is 2.45. The van der Waals surface area contributed by atoms with Gasteiger partial charge in [0.2, 0.25) is 0 Å². The number of alkyl halides is 6. The topological polar surface area (TPSA) is 48.8 Å². The first-order valence-electron chi connectivity index (χ1n) is 3.54. The molecular formula is C2H2Cl8N4P2S2. The van der Waals surface area contributed by atoms with Crippen molar-refractivity contribution in [2.24, 2.45) is 8.30 Å². The minimum absolute atomic E-state index is 0.730. The van der Waals surface area contributed by atoms with Gasteiger partial charge in [0.1, 0.15) is 0 Å². The number of hydrogen-bond donors (Lipinski definition) is 2. The van der Waals surface area contributed by atoms with Gasteiger partial charge in [0.05, 0.1) is 24.3 Å². The molecule has 1 aliphatic rings. The van der Waals surface area contributed by atoms with Gasteiger partial charge >= 0.3 is 0 Å². The summed E-state index contributed by atoms with van der Waals surface area (Å²) in [5, 5.41) is 0. The molecule has 0 fully saturated rings. The fourth-order valence-electron chi connectivity index (χ4n) is 0.487. The van der Waals surface area contributed by atoms with E-state index in [0.717, 1.165) is 24.3 Å². The van der Waals surface area contributed by atoms with E-state index in [2.05, 4.69) is 17.3 Å². The molecule has 0 aromatic carbocycles. The number of halogens is 8. The molecule has 4 nitrogen and oxygen atoms in total. The zero-order chi connectivity index (χ0) is 14.2. The van der Waals surface area contributed by atoms with E-state index in [1.54, 1.807) is 0 Å². The van der Waals surface area contributed by atoms with E-state index in [9.17, 15) is 0 Å². The number of nitrogens with one attached hydrogen (secondary N) is 2. The lowest BCUT2D eigenvalue weighted by molar-refractivity contribution is 1.49. The summed E-state index contributed by atoms with van der Waals surface area (Å²) in [6, 6.07) is 0. The zero-order valence-electron chi connectivity index (χ0n) is 7.63. The molecule has 1 aliphatic heterocycles. The van der Waals surface area contributed by atoms with Crippen LogP contribution in [-0.2, 0) is 0 Å². The molecule has 0 aliphatic carbocycles. The van der Waals surface area contributed by atoms with Crippen molar-refractivity contribution in [1.29, 1.82) is 0 Å². The van der Waals surface area contributed by atoms with Crippen molar-refractivity contribution in [1.82, 2.24) is 8.99 Å². The van der Waals surface area contributed by atoms with Crippen LogP contribution in [0.3, 0.4) is 0 Å². The number of nitrogens with zero attached hydrogens (tertiary/aromatic N) is 2. The lowest BCUT2D eigenvalue weighted by atomic mass is 11.8. The molecular weight excluding hydrogens is 490 g/mol. The van der Waals surface area contributed by atoms with Gasteiger partial charge in [-0.05, 0) is 0 Å². The van der Waals surface area contributed by atoms with Crippen LogP contribution in [0.5, 0.6) is 0 Å². The van der Waals surface area contributed by atoms with Crippen LogP contribution in [0, 0.1) is 0 Å². The molecule has 0 amide bonds. The van der Waals surface area contributed by atoms with Gasteiger partial charge in [0.25, 0.3) is 7.07 Å². The van der Waals surface area contributed by atoms with Gasteiger partial charge in [0, 0.05) is 0 Å². The van der Waals surface area contributed by atoms with Gasteiger partial charge in [0.15, 0.2) is 13.1 Å². The highest BCUT2D eigenvalue weighted by atomic mass is 35.7. The first-order chi connectivity index (χ1) is 7.91. The quantitative estimate of drug-likeness (QED) is 0.209. The highest BCUT2D eigenvalue weighted by Crippen LogP contribution is 2.75. The lowest BCUT2D eigenvalue weighted by Crippen LogP contribution is -2.14. The molecule has 0 aromatic rings. The Morgan fingerprint density at radius 3 is 1.22 bits per heavy atom. The summed E-state index contributed by atoms with van der Waals surface area (Å²) in [5.41, 5.74) is 0. The van der Waals surface area contributed by atoms with Crippen LogP contribution in [0.15, 0.2) is 8.30 Å². The Bertz CT molecular complexity index is 388. The van der Waals surface area contributed by atoms with Crippen molar-refractivity contribution >= 4 is 129 Å². The summed E-state index contributed by atoms with van der Waals surface area (Å²) in [5.74, 6) is 0. The fourth-order valence-corrected chi connectivity index (χ4v) is 10.3. The lowest BCUT2D eigenvalue weighted by Gasteiger charge is -2.29. The summed E-state index contributed by atoms with van der Waals surface area (Å²) < 4.78 is 9.57. The third-order valence-electron chi connectivity index (χ3n) is 1.30. The average molecular weight is 492 g/mol. The molecule has 16 heteroatoms. The Kier molecular flexibility index (Phi) is 7.44. The monoisotopic (exact) mass is 488 g/mol. The third kappa shape index (κ3) is 4.70. The van der Waals surface area contributed by atoms with Gasteiger partial charge in [-0.3, -0.25) is 0 Å². The maximum Gasteiger partial charge on any atom is 0.252 e. The predicted molar refractivity (Wildman–Crippen MR) is 92.4 cm³/mol. The molecule has 108 valence electrons. The van der Waals surface area contributed by atoms with Crippen molar-refractivity contribution in [2.75, 3.05) is 0 Å². The van der Waals surface area contributed by atoms with E-state index in [1.165, 1.54) is 0 Å². The Morgan fingerprint density at radius 1 is 0.722 bits per heavy atom. The third-order valence-corrected chi connectivity index (χ3v) is 17.5. The predicted octanol–water partition coefficient (Wildman–Crippen LogP) is 7.50. The van der Waals surface area contributed by atoms with E-state index >= 15 is 0 Å². The van der Waals surface area contributed by atoms with Crippen LogP contribution in [0.4, 0.5) is 0 Å². The van der Waals surface area contributed by atoms with Gasteiger partial charge < -0.3 is 0 Å². The molecule has 2 unspecified atom stereocenters. The minimum Gasteiger partial charge on any atom is -0.192 e. The number of hydrogen-bond acceptors (Lipinski definition) is 6. The molecule has 0 bridgehead atoms. The van der Waals surface area contributed by atoms with E-state index in [-0.39, 0.29) is 0 Å². The van der Waals surface area contributed by atoms with Crippen molar-refractivity contribution in [3.05, 3.63) is 0 Å². The van der Waals surface area contributed by atoms with Crippen LogP contribution in [0.1, 0.15) is 0 Å². The van der Waals surface area contributed by atoms with Gasteiger partial charge in [-0.1, -0.05) is 92.1 Å². The Labute approximate surface area is 152 Å². The van der Waals surface area contributed by atoms with Crippen LogP contribution in [-0.4, -0.2) is 7.07 Å². The zero-order valence-corrected chi connectivity index (χ0v) is 17.1. The van der Waals surface area contributed by atoms with Crippen LogP contribution in [0.25, 0.3) is 0 Å². The summed E-state index contributed by atoms with van der Waals surface area (Å²) >= 11 is 48.1. The second kappa shape index (κ2) is 6.88. The maximum atomic E-state index is 6.10. The fraction of sp³-hybridized carbons (Fsp3) is 1.00. The normalized spacial score (nSPS) is 35.1. The first-order valence-corrected chi connectivity index (χ1v) is 12.6. The molecule has 0 spiro atoms. The molecule has 0 radical (unpaired) electrons. The minimum atomic E-state index is -2.98. The molecule has 0 saturated heterocycles. The molecule has 2 atom stereocenters. The van der Waals surface area contributed by atoms with E-state index in [0.29, 0.717) is 0 Å². The van der Waals surface area contributed by atoms with Gasteiger partial charge in [-0.25, -0.2) is 0 Å². The summed E-state index contributed by atoms with van der Waals surface area (Å²) in [6.45, 7) is -5.97. The largest absolute Gasteiger partial charge is 0.252 e. The van der Waals surface area contributed by atoms with Gasteiger partial charge in [-0.2, -0.15) is 17.3 Å². The second-order valence-corrected chi connectivity index (χ2v) is 18.4.